The zero-order valence-corrected chi connectivity index (χ0v) is 11.7. The van der Waals surface area contributed by atoms with Crippen LogP contribution in [-0.2, 0) is 16.6 Å². The number of para-hydroxylation sites is 1. The molecule has 0 radical (unpaired) electrons. The van der Waals surface area contributed by atoms with Crippen LogP contribution in [0.1, 0.15) is 24.8 Å². The Morgan fingerprint density at radius 3 is 2.74 bits per heavy atom. The fourth-order valence-corrected chi connectivity index (χ4v) is 4.04. The number of rotatable bonds is 3. The van der Waals surface area contributed by atoms with Crippen LogP contribution in [0.25, 0.3) is 0 Å². The predicted molar refractivity (Wildman–Crippen MR) is 76.6 cm³/mol. The van der Waals surface area contributed by atoms with E-state index in [0.717, 1.165) is 37.9 Å². The number of fused-ring (bicyclic) bond motifs is 1. The average Bonchev–Trinajstić information content (AvgIpc) is 2.93. The highest BCUT2D eigenvalue weighted by atomic mass is 32.2. The summed E-state index contributed by atoms with van der Waals surface area (Å²) in [7, 11) is -3.40. The summed E-state index contributed by atoms with van der Waals surface area (Å²) in [6.45, 7) is 2.14. The molecule has 0 atom stereocenters. The maximum absolute atomic E-state index is 12.3. The Morgan fingerprint density at radius 1 is 1.16 bits per heavy atom. The molecule has 3 rings (SSSR count). The Balaban J connectivity index is 1.87. The first kappa shape index (κ1) is 12.7. The fourth-order valence-electron chi connectivity index (χ4n) is 2.73. The topological polar surface area (TPSA) is 61.4 Å². The van der Waals surface area contributed by atoms with E-state index in [0.29, 0.717) is 18.8 Å². The zero-order valence-electron chi connectivity index (χ0n) is 10.9. The van der Waals surface area contributed by atoms with Crippen LogP contribution in [0, 0.1) is 0 Å². The third kappa shape index (κ3) is 2.55. The number of hydrogen-bond acceptors (Lipinski definition) is 3. The van der Waals surface area contributed by atoms with Crippen LogP contribution >= 0.6 is 0 Å². The number of aryl methyl sites for hydroxylation is 1. The minimum absolute atomic E-state index is 0.623. The monoisotopic (exact) mass is 281 g/mol. The van der Waals surface area contributed by atoms with Gasteiger partial charge in [0.05, 0.1) is 11.4 Å². The molecule has 2 aliphatic heterocycles. The van der Waals surface area contributed by atoms with Crippen molar-refractivity contribution in [1.29, 1.82) is 0 Å². The first-order valence-electron chi connectivity index (χ1n) is 6.80. The molecule has 2 aliphatic rings. The minimum atomic E-state index is -3.40. The van der Waals surface area contributed by atoms with Gasteiger partial charge in [0.1, 0.15) is 0 Å². The van der Waals surface area contributed by atoms with Crippen LogP contribution in [0.3, 0.4) is 0 Å². The van der Waals surface area contributed by atoms with Crippen molar-refractivity contribution in [2.45, 2.75) is 25.7 Å². The van der Waals surface area contributed by atoms with Crippen molar-refractivity contribution in [2.24, 2.45) is 0 Å². The smallest absolute Gasteiger partial charge is 0.301 e. The fraction of sp³-hybridized carbons (Fsp3) is 0.538. The van der Waals surface area contributed by atoms with E-state index in [9.17, 15) is 8.42 Å². The lowest BCUT2D eigenvalue weighted by atomic mass is 10.0. The molecule has 1 saturated heterocycles. The van der Waals surface area contributed by atoms with Crippen molar-refractivity contribution in [2.75, 3.05) is 29.7 Å². The zero-order chi connectivity index (χ0) is 13.3. The van der Waals surface area contributed by atoms with E-state index in [1.165, 1.54) is 9.87 Å². The summed E-state index contributed by atoms with van der Waals surface area (Å²) in [6.07, 6.45) is 4.00. The maximum atomic E-state index is 12.3. The lowest BCUT2D eigenvalue weighted by molar-refractivity contribution is 0.482. The van der Waals surface area contributed by atoms with Gasteiger partial charge in [-0.3, -0.25) is 4.72 Å². The second-order valence-corrected chi connectivity index (χ2v) is 6.75. The molecule has 0 unspecified atom stereocenters. The largest absolute Gasteiger partial charge is 0.383 e. The molecular weight excluding hydrogens is 262 g/mol. The van der Waals surface area contributed by atoms with Crippen LogP contribution < -0.4 is 10.0 Å². The highest BCUT2D eigenvalue weighted by molar-refractivity contribution is 7.90. The van der Waals surface area contributed by atoms with Crippen LogP contribution in [-0.4, -0.2) is 32.4 Å². The summed E-state index contributed by atoms with van der Waals surface area (Å²) >= 11 is 0. The lowest BCUT2D eigenvalue weighted by Gasteiger charge is -2.23. The molecule has 1 aromatic rings. The van der Waals surface area contributed by atoms with E-state index >= 15 is 0 Å². The van der Waals surface area contributed by atoms with Gasteiger partial charge in [-0.1, -0.05) is 12.1 Å². The summed E-state index contributed by atoms with van der Waals surface area (Å²) < 4.78 is 28.8. The summed E-state index contributed by atoms with van der Waals surface area (Å²) in [6, 6.07) is 5.79. The molecule has 0 aliphatic carbocycles. The number of hydrogen-bond donors (Lipinski definition) is 2. The maximum Gasteiger partial charge on any atom is 0.301 e. The Labute approximate surface area is 114 Å². The van der Waals surface area contributed by atoms with Gasteiger partial charge in [-0.15, -0.1) is 0 Å². The molecule has 2 N–H and O–H groups in total. The SMILES string of the molecule is O=S(=O)(Nc1cccc2c1NCCC2)N1CCCC1. The van der Waals surface area contributed by atoms with Gasteiger partial charge in [0.2, 0.25) is 0 Å². The van der Waals surface area contributed by atoms with E-state index < -0.39 is 10.2 Å². The Kier molecular flexibility index (Phi) is 3.36. The van der Waals surface area contributed by atoms with E-state index in [4.69, 9.17) is 0 Å². The summed E-state index contributed by atoms with van der Waals surface area (Å²) in [4.78, 5) is 0. The van der Waals surface area contributed by atoms with Crippen LogP contribution in [0.15, 0.2) is 18.2 Å². The van der Waals surface area contributed by atoms with Crippen LogP contribution in [0.2, 0.25) is 0 Å². The standard InChI is InChI=1S/C13H19N3O2S/c17-19(18,16-9-1-2-10-16)15-12-7-3-5-11-6-4-8-14-13(11)12/h3,5,7,14-15H,1-2,4,6,8-10H2. The van der Waals surface area contributed by atoms with Crippen molar-refractivity contribution in [1.82, 2.24) is 4.31 Å². The van der Waals surface area contributed by atoms with E-state index in [1.54, 1.807) is 0 Å². The predicted octanol–water partition coefficient (Wildman–Crippen LogP) is 1.80. The summed E-state index contributed by atoms with van der Waals surface area (Å²) in [5, 5.41) is 3.30. The van der Waals surface area contributed by atoms with Crippen molar-refractivity contribution >= 4 is 21.6 Å². The van der Waals surface area contributed by atoms with E-state index in [1.807, 2.05) is 12.1 Å². The van der Waals surface area contributed by atoms with Crippen LogP contribution in [0.4, 0.5) is 11.4 Å². The molecule has 1 fully saturated rings. The molecule has 6 heteroatoms. The number of nitrogens with one attached hydrogen (secondary N) is 2. The third-order valence-corrected chi connectivity index (χ3v) is 5.24. The van der Waals surface area contributed by atoms with Crippen molar-refractivity contribution in [3.05, 3.63) is 23.8 Å². The van der Waals surface area contributed by atoms with Gasteiger partial charge in [0, 0.05) is 19.6 Å². The molecule has 0 aromatic heterocycles. The van der Waals surface area contributed by atoms with Crippen molar-refractivity contribution in [3.63, 3.8) is 0 Å². The lowest BCUT2D eigenvalue weighted by Crippen LogP contribution is -2.33. The summed E-state index contributed by atoms with van der Waals surface area (Å²) in [5.41, 5.74) is 2.80. The van der Waals surface area contributed by atoms with Crippen molar-refractivity contribution in [3.8, 4) is 0 Å². The van der Waals surface area contributed by atoms with Gasteiger partial charge in [-0.25, -0.2) is 0 Å². The average molecular weight is 281 g/mol. The molecule has 2 heterocycles. The number of nitrogens with zero attached hydrogens (tertiary/aromatic N) is 1. The van der Waals surface area contributed by atoms with Crippen molar-refractivity contribution < 1.29 is 8.42 Å². The molecule has 0 amide bonds. The normalized spacial score (nSPS) is 19.8. The Hall–Kier alpha value is -1.27. The van der Waals surface area contributed by atoms with Gasteiger partial charge in [0.25, 0.3) is 0 Å². The molecule has 0 spiro atoms. The molecule has 19 heavy (non-hydrogen) atoms. The minimum Gasteiger partial charge on any atom is -0.383 e. The van der Waals surface area contributed by atoms with Crippen LogP contribution in [0.5, 0.6) is 0 Å². The first-order chi connectivity index (χ1) is 9.17. The molecule has 0 saturated carbocycles. The van der Waals surface area contributed by atoms with Gasteiger partial charge in [-0.05, 0) is 37.3 Å². The first-order valence-corrected chi connectivity index (χ1v) is 8.24. The quantitative estimate of drug-likeness (QED) is 0.888. The third-order valence-electron chi connectivity index (χ3n) is 3.72. The number of benzene rings is 1. The summed E-state index contributed by atoms with van der Waals surface area (Å²) in [5.74, 6) is 0. The molecule has 0 bridgehead atoms. The molecule has 104 valence electrons. The Morgan fingerprint density at radius 2 is 1.95 bits per heavy atom. The highest BCUT2D eigenvalue weighted by Gasteiger charge is 2.26. The second-order valence-electron chi connectivity index (χ2n) is 5.08. The highest BCUT2D eigenvalue weighted by Crippen LogP contribution is 2.31. The Bertz CT molecular complexity index is 565. The molecule has 1 aromatic carbocycles. The van der Waals surface area contributed by atoms with E-state index in [2.05, 4.69) is 16.1 Å². The second kappa shape index (κ2) is 5.02. The van der Waals surface area contributed by atoms with Gasteiger partial charge in [-0.2, -0.15) is 12.7 Å². The number of anilines is 2. The van der Waals surface area contributed by atoms with Gasteiger partial charge >= 0.3 is 10.2 Å². The van der Waals surface area contributed by atoms with Gasteiger partial charge in [0.15, 0.2) is 0 Å². The molecular formula is C13H19N3O2S. The van der Waals surface area contributed by atoms with Gasteiger partial charge < -0.3 is 5.32 Å². The van der Waals surface area contributed by atoms with E-state index in [-0.39, 0.29) is 0 Å². The molecule has 5 nitrogen and oxygen atoms in total.